The number of methoxy groups -OCH3 is 1. The van der Waals surface area contributed by atoms with E-state index in [0.29, 0.717) is 5.92 Å². The van der Waals surface area contributed by atoms with E-state index < -0.39 is 0 Å². The molecule has 0 atom stereocenters. The number of ether oxygens (including phenoxy) is 1. The highest BCUT2D eigenvalue weighted by atomic mass is 32.1. The fourth-order valence-electron chi connectivity index (χ4n) is 1.52. The molecule has 0 aromatic heterocycles. The van der Waals surface area contributed by atoms with Gasteiger partial charge in [0.05, 0.1) is 12.8 Å². The summed E-state index contributed by atoms with van der Waals surface area (Å²) in [6.07, 6.45) is 1.05. The second-order valence-corrected chi connectivity index (χ2v) is 4.57. The molecule has 1 N–H and O–H groups in total. The van der Waals surface area contributed by atoms with Gasteiger partial charge in [-0.15, -0.1) is 0 Å². The van der Waals surface area contributed by atoms with Crippen LogP contribution in [0.3, 0.4) is 0 Å². The first-order valence-electron chi connectivity index (χ1n) is 5.71. The van der Waals surface area contributed by atoms with Gasteiger partial charge < -0.3 is 10.1 Å². The molecule has 0 saturated carbocycles. The largest absolute Gasteiger partial charge is 0.495 e. The third-order valence-corrected chi connectivity index (χ3v) is 2.86. The minimum Gasteiger partial charge on any atom is -0.495 e. The molecule has 0 aliphatic carbocycles. The summed E-state index contributed by atoms with van der Waals surface area (Å²) in [6, 6.07) is 6.31. The van der Waals surface area contributed by atoms with Crippen molar-refractivity contribution in [2.24, 2.45) is 0 Å². The zero-order valence-corrected chi connectivity index (χ0v) is 11.2. The van der Waals surface area contributed by atoms with E-state index in [9.17, 15) is 0 Å². The topological polar surface area (TPSA) is 21.3 Å². The van der Waals surface area contributed by atoms with Crippen molar-refractivity contribution in [2.75, 3.05) is 24.7 Å². The summed E-state index contributed by atoms with van der Waals surface area (Å²) in [4.78, 5) is 0. The van der Waals surface area contributed by atoms with Gasteiger partial charge in [0.15, 0.2) is 0 Å². The van der Waals surface area contributed by atoms with Gasteiger partial charge >= 0.3 is 0 Å². The average Bonchev–Trinajstić information content (AvgIpc) is 2.29. The van der Waals surface area contributed by atoms with Crippen molar-refractivity contribution in [1.29, 1.82) is 0 Å². The van der Waals surface area contributed by atoms with Crippen molar-refractivity contribution < 1.29 is 4.74 Å². The minimum atomic E-state index is 0.538. The Labute approximate surface area is 104 Å². The van der Waals surface area contributed by atoms with Gasteiger partial charge in [-0.05, 0) is 35.8 Å². The van der Waals surface area contributed by atoms with Crippen LogP contribution in [0.4, 0.5) is 5.69 Å². The highest BCUT2D eigenvalue weighted by Crippen LogP contribution is 2.28. The summed E-state index contributed by atoms with van der Waals surface area (Å²) in [5.41, 5.74) is 2.41. The lowest BCUT2D eigenvalue weighted by atomic mass is 10.0. The highest BCUT2D eigenvalue weighted by molar-refractivity contribution is 7.80. The van der Waals surface area contributed by atoms with Gasteiger partial charge in [0.2, 0.25) is 0 Å². The molecule has 0 fully saturated rings. The molecule has 0 aliphatic rings. The molecule has 3 heteroatoms. The zero-order chi connectivity index (χ0) is 12.0. The zero-order valence-electron chi connectivity index (χ0n) is 10.3. The summed E-state index contributed by atoms with van der Waals surface area (Å²) < 4.78 is 5.33. The molecule has 90 valence electrons. The van der Waals surface area contributed by atoms with E-state index in [-0.39, 0.29) is 0 Å². The number of anilines is 1. The van der Waals surface area contributed by atoms with E-state index in [1.165, 1.54) is 5.56 Å². The Kier molecular flexibility index (Phi) is 5.53. The molecule has 0 aliphatic heterocycles. The Morgan fingerprint density at radius 3 is 2.69 bits per heavy atom. The lowest BCUT2D eigenvalue weighted by Crippen LogP contribution is -2.04. The molecule has 0 bridgehead atoms. The highest BCUT2D eigenvalue weighted by Gasteiger charge is 2.05. The van der Waals surface area contributed by atoms with E-state index in [4.69, 9.17) is 4.74 Å². The molecule has 0 radical (unpaired) electrons. The van der Waals surface area contributed by atoms with Crippen molar-refractivity contribution in [1.82, 2.24) is 0 Å². The van der Waals surface area contributed by atoms with Crippen LogP contribution in [0.2, 0.25) is 0 Å². The predicted octanol–water partition coefficient (Wildman–Crippen LogP) is 3.55. The summed E-state index contributed by atoms with van der Waals surface area (Å²) >= 11 is 4.20. The van der Waals surface area contributed by atoms with E-state index in [1.54, 1.807) is 7.11 Å². The Balaban J connectivity index is 2.80. The molecule has 16 heavy (non-hydrogen) atoms. The van der Waals surface area contributed by atoms with Gasteiger partial charge in [0.25, 0.3) is 0 Å². The van der Waals surface area contributed by atoms with Crippen molar-refractivity contribution in [3.63, 3.8) is 0 Å². The smallest absolute Gasteiger partial charge is 0.141 e. The molecule has 1 aromatic rings. The molecular formula is C13H21NOS. The van der Waals surface area contributed by atoms with Crippen LogP contribution in [0.1, 0.15) is 31.7 Å². The Bertz CT molecular complexity index is 326. The molecular weight excluding hydrogens is 218 g/mol. The third kappa shape index (κ3) is 3.63. The fraction of sp³-hybridized carbons (Fsp3) is 0.538. The maximum atomic E-state index is 5.33. The van der Waals surface area contributed by atoms with Crippen LogP contribution in [0.5, 0.6) is 5.75 Å². The second kappa shape index (κ2) is 6.69. The first-order chi connectivity index (χ1) is 7.69. The minimum absolute atomic E-state index is 0.538. The molecule has 1 rings (SSSR count). The molecule has 0 heterocycles. The van der Waals surface area contributed by atoms with Crippen LogP contribution < -0.4 is 10.1 Å². The number of rotatable bonds is 6. The normalized spacial score (nSPS) is 10.6. The van der Waals surface area contributed by atoms with Crippen molar-refractivity contribution in [3.05, 3.63) is 23.8 Å². The summed E-state index contributed by atoms with van der Waals surface area (Å²) in [7, 11) is 1.70. The Morgan fingerprint density at radius 2 is 2.12 bits per heavy atom. The maximum absolute atomic E-state index is 5.33. The number of benzene rings is 1. The van der Waals surface area contributed by atoms with Crippen LogP contribution in [0.15, 0.2) is 18.2 Å². The Morgan fingerprint density at radius 1 is 1.38 bits per heavy atom. The molecule has 0 saturated heterocycles. The van der Waals surface area contributed by atoms with E-state index in [0.717, 1.165) is 30.2 Å². The Hall–Kier alpha value is -0.830. The standard InChI is InChI=1S/C13H21NOS/c1-10(2)11-5-6-13(15-3)12(9-11)14-7-4-8-16/h5-6,9-10,14,16H,4,7-8H2,1-3H3. The van der Waals surface area contributed by atoms with Crippen molar-refractivity contribution in [3.8, 4) is 5.75 Å². The molecule has 0 spiro atoms. The molecule has 0 amide bonds. The molecule has 2 nitrogen and oxygen atoms in total. The summed E-state index contributed by atoms with van der Waals surface area (Å²) in [6.45, 7) is 5.32. The van der Waals surface area contributed by atoms with E-state index in [1.807, 2.05) is 6.07 Å². The predicted molar refractivity (Wildman–Crippen MR) is 74.0 cm³/mol. The van der Waals surface area contributed by atoms with Gasteiger partial charge in [-0.1, -0.05) is 19.9 Å². The third-order valence-electron chi connectivity index (χ3n) is 2.54. The second-order valence-electron chi connectivity index (χ2n) is 4.12. The number of nitrogens with one attached hydrogen (secondary N) is 1. The van der Waals surface area contributed by atoms with Gasteiger partial charge in [-0.25, -0.2) is 0 Å². The SMILES string of the molecule is COc1ccc(C(C)C)cc1NCCCS. The molecule has 0 unspecified atom stereocenters. The first-order valence-corrected chi connectivity index (χ1v) is 6.35. The van der Waals surface area contributed by atoms with Crippen LogP contribution in [-0.4, -0.2) is 19.4 Å². The number of thiol groups is 1. The maximum Gasteiger partial charge on any atom is 0.141 e. The quantitative estimate of drug-likeness (QED) is 0.585. The van der Waals surface area contributed by atoms with Crippen LogP contribution in [-0.2, 0) is 0 Å². The van der Waals surface area contributed by atoms with Crippen molar-refractivity contribution >= 4 is 18.3 Å². The fourth-order valence-corrected chi connectivity index (χ4v) is 1.68. The summed E-state index contributed by atoms with van der Waals surface area (Å²) in [5.74, 6) is 2.35. The van der Waals surface area contributed by atoms with Gasteiger partial charge in [0.1, 0.15) is 5.75 Å². The lowest BCUT2D eigenvalue weighted by molar-refractivity contribution is 0.416. The van der Waals surface area contributed by atoms with Gasteiger partial charge in [-0.2, -0.15) is 12.6 Å². The van der Waals surface area contributed by atoms with Crippen LogP contribution in [0, 0.1) is 0 Å². The number of hydrogen-bond donors (Lipinski definition) is 2. The number of hydrogen-bond acceptors (Lipinski definition) is 3. The van der Waals surface area contributed by atoms with Crippen LogP contribution >= 0.6 is 12.6 Å². The van der Waals surface area contributed by atoms with E-state index in [2.05, 4.69) is 43.9 Å². The van der Waals surface area contributed by atoms with Gasteiger partial charge in [-0.3, -0.25) is 0 Å². The summed E-state index contributed by atoms with van der Waals surface area (Å²) in [5, 5.41) is 3.39. The van der Waals surface area contributed by atoms with Crippen LogP contribution in [0.25, 0.3) is 0 Å². The van der Waals surface area contributed by atoms with Gasteiger partial charge in [0, 0.05) is 6.54 Å². The van der Waals surface area contributed by atoms with E-state index >= 15 is 0 Å². The van der Waals surface area contributed by atoms with Crippen molar-refractivity contribution in [2.45, 2.75) is 26.2 Å². The first kappa shape index (κ1) is 13.2. The monoisotopic (exact) mass is 239 g/mol. The lowest BCUT2D eigenvalue weighted by Gasteiger charge is -2.14. The molecule has 1 aromatic carbocycles. The average molecular weight is 239 g/mol.